The summed E-state index contributed by atoms with van der Waals surface area (Å²) < 4.78 is 19.3. The molecule has 0 saturated heterocycles. The summed E-state index contributed by atoms with van der Waals surface area (Å²) in [6.45, 7) is 0.507. The van der Waals surface area contributed by atoms with Crippen LogP contribution in [0.3, 0.4) is 0 Å². The standard InChI is InChI=1S/C16H13ClFNO2/c17-11-5-3-6-12(18)15(11)16(20)19-13-8-9-21-14-7-2-1-4-10(13)14/h1-7,13H,8-9H2,(H,19,20). The molecule has 2 aromatic carbocycles. The largest absolute Gasteiger partial charge is 0.493 e. The lowest BCUT2D eigenvalue weighted by Gasteiger charge is -2.26. The number of hydrogen-bond acceptors (Lipinski definition) is 2. The summed E-state index contributed by atoms with van der Waals surface area (Å²) in [5.41, 5.74) is 0.771. The smallest absolute Gasteiger partial charge is 0.256 e. The summed E-state index contributed by atoms with van der Waals surface area (Å²) >= 11 is 5.92. The van der Waals surface area contributed by atoms with Gasteiger partial charge in [-0.2, -0.15) is 0 Å². The molecule has 0 fully saturated rings. The average Bonchev–Trinajstić information content (AvgIpc) is 2.47. The zero-order valence-electron chi connectivity index (χ0n) is 11.1. The zero-order chi connectivity index (χ0) is 14.8. The fourth-order valence-corrected chi connectivity index (χ4v) is 2.69. The molecule has 21 heavy (non-hydrogen) atoms. The second-order valence-corrected chi connectivity index (χ2v) is 5.20. The number of halogens is 2. The summed E-state index contributed by atoms with van der Waals surface area (Å²) in [6.07, 6.45) is 0.634. The van der Waals surface area contributed by atoms with E-state index in [0.29, 0.717) is 13.0 Å². The molecule has 1 aliphatic rings. The van der Waals surface area contributed by atoms with Crippen LogP contribution in [0, 0.1) is 5.82 Å². The van der Waals surface area contributed by atoms with E-state index >= 15 is 0 Å². The number of carbonyl (C=O) groups is 1. The maximum atomic E-state index is 13.8. The SMILES string of the molecule is O=C(NC1CCOc2ccccc21)c1c(F)cccc1Cl. The van der Waals surface area contributed by atoms with Gasteiger partial charge in [-0.1, -0.05) is 35.9 Å². The predicted molar refractivity (Wildman–Crippen MR) is 78.2 cm³/mol. The molecule has 0 aromatic heterocycles. The van der Waals surface area contributed by atoms with Gasteiger partial charge in [-0.3, -0.25) is 4.79 Å². The van der Waals surface area contributed by atoms with Crippen LogP contribution in [-0.4, -0.2) is 12.5 Å². The van der Waals surface area contributed by atoms with Crippen molar-refractivity contribution in [3.8, 4) is 5.75 Å². The molecule has 3 nitrogen and oxygen atoms in total. The van der Waals surface area contributed by atoms with Gasteiger partial charge in [0.2, 0.25) is 0 Å². The van der Waals surface area contributed by atoms with Gasteiger partial charge in [0, 0.05) is 12.0 Å². The number of hydrogen-bond donors (Lipinski definition) is 1. The molecule has 108 valence electrons. The van der Waals surface area contributed by atoms with E-state index in [9.17, 15) is 9.18 Å². The first kappa shape index (κ1) is 13.9. The molecule has 0 spiro atoms. The van der Waals surface area contributed by atoms with E-state index in [1.165, 1.54) is 18.2 Å². The van der Waals surface area contributed by atoms with Gasteiger partial charge in [0.05, 0.1) is 23.2 Å². The van der Waals surface area contributed by atoms with Crippen LogP contribution >= 0.6 is 11.6 Å². The summed E-state index contributed by atoms with van der Waals surface area (Å²) in [6, 6.07) is 11.5. The average molecular weight is 306 g/mol. The van der Waals surface area contributed by atoms with Crippen LogP contribution in [0.25, 0.3) is 0 Å². The van der Waals surface area contributed by atoms with Gasteiger partial charge in [0.15, 0.2) is 0 Å². The highest BCUT2D eigenvalue weighted by Gasteiger charge is 2.25. The molecular formula is C16H13ClFNO2. The lowest BCUT2D eigenvalue weighted by Crippen LogP contribution is -2.32. The third-order valence-corrected chi connectivity index (χ3v) is 3.77. The predicted octanol–water partition coefficient (Wildman–Crippen LogP) is 3.73. The summed E-state index contributed by atoms with van der Waals surface area (Å²) in [4.78, 5) is 12.3. The number of rotatable bonds is 2. The van der Waals surface area contributed by atoms with Crippen molar-refractivity contribution in [3.63, 3.8) is 0 Å². The number of fused-ring (bicyclic) bond motifs is 1. The van der Waals surface area contributed by atoms with E-state index in [4.69, 9.17) is 16.3 Å². The minimum Gasteiger partial charge on any atom is -0.493 e. The Balaban J connectivity index is 1.86. The Morgan fingerprint density at radius 3 is 2.86 bits per heavy atom. The molecule has 3 rings (SSSR count). The van der Waals surface area contributed by atoms with E-state index in [1.807, 2.05) is 24.3 Å². The van der Waals surface area contributed by atoms with Crippen molar-refractivity contribution in [2.45, 2.75) is 12.5 Å². The number of carbonyl (C=O) groups excluding carboxylic acids is 1. The van der Waals surface area contributed by atoms with Gasteiger partial charge in [-0.15, -0.1) is 0 Å². The van der Waals surface area contributed by atoms with E-state index in [-0.39, 0.29) is 16.6 Å². The van der Waals surface area contributed by atoms with Crippen molar-refractivity contribution in [2.24, 2.45) is 0 Å². The van der Waals surface area contributed by atoms with Gasteiger partial charge in [0.25, 0.3) is 5.91 Å². The molecule has 5 heteroatoms. The maximum Gasteiger partial charge on any atom is 0.256 e. The van der Waals surface area contributed by atoms with E-state index < -0.39 is 11.7 Å². The fraction of sp³-hybridized carbons (Fsp3) is 0.188. The lowest BCUT2D eigenvalue weighted by atomic mass is 10.00. The Morgan fingerprint density at radius 1 is 1.24 bits per heavy atom. The van der Waals surface area contributed by atoms with E-state index in [2.05, 4.69) is 5.32 Å². The van der Waals surface area contributed by atoms with Crippen LogP contribution in [0.1, 0.15) is 28.4 Å². The minimum absolute atomic E-state index is 0.104. The molecule has 1 atom stereocenters. The third-order valence-electron chi connectivity index (χ3n) is 3.45. The van der Waals surface area contributed by atoms with Gasteiger partial charge in [-0.25, -0.2) is 4.39 Å². The normalized spacial score (nSPS) is 16.8. The van der Waals surface area contributed by atoms with Crippen molar-refractivity contribution < 1.29 is 13.9 Å². The number of amides is 1. The van der Waals surface area contributed by atoms with E-state index in [1.54, 1.807) is 0 Å². The molecule has 0 radical (unpaired) electrons. The summed E-state index contributed by atoms with van der Waals surface area (Å²) in [5, 5.41) is 2.93. The minimum atomic E-state index is -0.625. The molecule has 1 unspecified atom stereocenters. The summed E-state index contributed by atoms with van der Waals surface area (Å²) in [5.74, 6) is -0.395. The van der Waals surface area contributed by atoms with Crippen LogP contribution in [-0.2, 0) is 0 Å². The molecule has 0 bridgehead atoms. The highest BCUT2D eigenvalue weighted by Crippen LogP contribution is 2.32. The monoisotopic (exact) mass is 305 g/mol. The number of nitrogens with one attached hydrogen (secondary N) is 1. The van der Waals surface area contributed by atoms with Crippen molar-refractivity contribution in [2.75, 3.05) is 6.61 Å². The molecular weight excluding hydrogens is 293 g/mol. The molecule has 2 aromatic rings. The molecule has 1 heterocycles. The zero-order valence-corrected chi connectivity index (χ0v) is 11.9. The van der Waals surface area contributed by atoms with Crippen molar-refractivity contribution >= 4 is 17.5 Å². The van der Waals surface area contributed by atoms with Crippen LogP contribution in [0.4, 0.5) is 4.39 Å². The van der Waals surface area contributed by atoms with Crippen molar-refractivity contribution in [1.82, 2.24) is 5.32 Å². The molecule has 0 aliphatic carbocycles. The van der Waals surface area contributed by atoms with Gasteiger partial charge < -0.3 is 10.1 Å². The van der Waals surface area contributed by atoms with Crippen molar-refractivity contribution in [3.05, 3.63) is 64.4 Å². The second kappa shape index (κ2) is 5.74. The van der Waals surface area contributed by atoms with Crippen LogP contribution in [0.5, 0.6) is 5.75 Å². The Morgan fingerprint density at radius 2 is 2.05 bits per heavy atom. The Kier molecular flexibility index (Phi) is 3.80. The molecule has 1 amide bonds. The maximum absolute atomic E-state index is 13.8. The first-order valence-electron chi connectivity index (χ1n) is 6.63. The first-order chi connectivity index (χ1) is 10.2. The lowest BCUT2D eigenvalue weighted by molar-refractivity contribution is 0.0921. The van der Waals surface area contributed by atoms with Gasteiger partial charge in [-0.05, 0) is 18.2 Å². The number of ether oxygens (including phenoxy) is 1. The third kappa shape index (κ3) is 2.72. The number of benzene rings is 2. The molecule has 1 aliphatic heterocycles. The molecule has 1 N–H and O–H groups in total. The molecule has 0 saturated carbocycles. The topological polar surface area (TPSA) is 38.3 Å². The highest BCUT2D eigenvalue weighted by molar-refractivity contribution is 6.33. The fourth-order valence-electron chi connectivity index (χ4n) is 2.44. The quantitative estimate of drug-likeness (QED) is 0.918. The van der Waals surface area contributed by atoms with Crippen LogP contribution in [0.2, 0.25) is 5.02 Å². The van der Waals surface area contributed by atoms with Gasteiger partial charge in [0.1, 0.15) is 11.6 Å². The van der Waals surface area contributed by atoms with Gasteiger partial charge >= 0.3 is 0 Å². The number of para-hydroxylation sites is 1. The van der Waals surface area contributed by atoms with Crippen LogP contribution < -0.4 is 10.1 Å². The summed E-state index contributed by atoms with van der Waals surface area (Å²) in [7, 11) is 0. The Labute approximate surface area is 126 Å². The first-order valence-corrected chi connectivity index (χ1v) is 7.01. The highest BCUT2D eigenvalue weighted by atomic mass is 35.5. The van der Waals surface area contributed by atoms with Crippen LogP contribution in [0.15, 0.2) is 42.5 Å². The van der Waals surface area contributed by atoms with E-state index in [0.717, 1.165) is 11.3 Å². The Hall–Kier alpha value is -2.07. The van der Waals surface area contributed by atoms with Crippen molar-refractivity contribution in [1.29, 1.82) is 0 Å². The second-order valence-electron chi connectivity index (χ2n) is 4.80. The Bertz CT molecular complexity index is 669.